The van der Waals surface area contributed by atoms with Crippen molar-refractivity contribution in [2.24, 2.45) is 0 Å². The van der Waals surface area contributed by atoms with Gasteiger partial charge in [-0.25, -0.2) is 4.79 Å². The predicted molar refractivity (Wildman–Crippen MR) is 59.1 cm³/mol. The fourth-order valence-corrected chi connectivity index (χ4v) is 1.24. The van der Waals surface area contributed by atoms with Gasteiger partial charge in [0.15, 0.2) is 0 Å². The van der Waals surface area contributed by atoms with Crippen LogP contribution in [0.25, 0.3) is 0 Å². The summed E-state index contributed by atoms with van der Waals surface area (Å²) in [5, 5.41) is 0.853. The van der Waals surface area contributed by atoms with Gasteiger partial charge in [0.2, 0.25) is 5.54 Å². The van der Waals surface area contributed by atoms with E-state index in [9.17, 15) is 31.1 Å². The highest BCUT2D eigenvalue weighted by molar-refractivity contribution is 5.68. The lowest BCUT2D eigenvalue weighted by Gasteiger charge is -2.34. The molecule has 1 N–H and O–H groups in total. The molecule has 0 fully saturated rings. The monoisotopic (exact) mass is 309 g/mol. The minimum absolute atomic E-state index is 0.147. The molecule has 0 aromatic heterocycles. The number of hydrogen-bond acceptors (Lipinski definition) is 2. The van der Waals surface area contributed by atoms with Crippen LogP contribution in [0.2, 0.25) is 0 Å². The van der Waals surface area contributed by atoms with E-state index in [-0.39, 0.29) is 13.5 Å². The zero-order valence-corrected chi connectivity index (χ0v) is 11.1. The summed E-state index contributed by atoms with van der Waals surface area (Å²) in [5.41, 5.74) is -4.33. The standard InChI is InChI=1S/C11H17F6NO2/c1-3-4-5-6-7-20-8(19)18-9(2,10(12,13)14)11(15,16)17/h3-7H2,1-2H3,(H,18,19). The van der Waals surface area contributed by atoms with Gasteiger partial charge in [-0.3, -0.25) is 5.32 Å². The van der Waals surface area contributed by atoms with Crippen LogP contribution in [0.15, 0.2) is 0 Å². The highest BCUT2D eigenvalue weighted by Gasteiger charge is 2.69. The Bertz CT molecular complexity index is 299. The van der Waals surface area contributed by atoms with Crippen LogP contribution in [-0.4, -0.2) is 30.6 Å². The van der Waals surface area contributed by atoms with E-state index in [1.807, 2.05) is 6.92 Å². The van der Waals surface area contributed by atoms with Crippen LogP contribution in [0.3, 0.4) is 0 Å². The number of amides is 1. The Morgan fingerprint density at radius 3 is 1.90 bits per heavy atom. The first-order valence-corrected chi connectivity index (χ1v) is 6.04. The van der Waals surface area contributed by atoms with Gasteiger partial charge in [-0.05, 0) is 13.3 Å². The first kappa shape index (κ1) is 18.9. The van der Waals surface area contributed by atoms with Gasteiger partial charge >= 0.3 is 18.4 Å². The Balaban J connectivity index is 4.51. The molecule has 0 heterocycles. The van der Waals surface area contributed by atoms with Gasteiger partial charge in [0.1, 0.15) is 0 Å². The Morgan fingerprint density at radius 1 is 1.00 bits per heavy atom. The molecular weight excluding hydrogens is 292 g/mol. The minimum atomic E-state index is -5.67. The molecule has 1 amide bonds. The van der Waals surface area contributed by atoms with Crippen molar-refractivity contribution in [2.75, 3.05) is 6.61 Å². The molecule has 0 saturated carbocycles. The van der Waals surface area contributed by atoms with E-state index in [0.29, 0.717) is 12.8 Å². The predicted octanol–water partition coefficient (Wildman–Crippen LogP) is 4.18. The zero-order chi connectivity index (χ0) is 16.0. The van der Waals surface area contributed by atoms with Crippen molar-refractivity contribution in [3.8, 4) is 0 Å². The molecule has 0 saturated heterocycles. The quantitative estimate of drug-likeness (QED) is 0.590. The number of halogens is 6. The molecule has 0 bridgehead atoms. The van der Waals surface area contributed by atoms with Crippen molar-refractivity contribution < 1.29 is 35.9 Å². The molecule has 120 valence electrons. The van der Waals surface area contributed by atoms with Gasteiger partial charge in [0.25, 0.3) is 0 Å². The summed E-state index contributed by atoms with van der Waals surface area (Å²) in [4.78, 5) is 11.1. The van der Waals surface area contributed by atoms with Crippen LogP contribution in [0.4, 0.5) is 31.1 Å². The summed E-state index contributed by atoms with van der Waals surface area (Å²) in [7, 11) is 0. The molecule has 0 aromatic rings. The summed E-state index contributed by atoms with van der Waals surface area (Å²) in [5.74, 6) is 0. The molecule has 0 spiro atoms. The maximum atomic E-state index is 12.5. The molecule has 0 aromatic carbocycles. The van der Waals surface area contributed by atoms with E-state index in [0.717, 1.165) is 18.2 Å². The molecular formula is C11H17F6NO2. The summed E-state index contributed by atoms with van der Waals surface area (Å²) in [6.07, 6.45) is -10.3. The van der Waals surface area contributed by atoms with E-state index in [4.69, 9.17) is 0 Å². The second-order valence-corrected chi connectivity index (χ2v) is 4.44. The Kier molecular flexibility index (Phi) is 6.63. The van der Waals surface area contributed by atoms with E-state index in [2.05, 4.69) is 4.74 Å². The third kappa shape index (κ3) is 5.09. The molecule has 0 radical (unpaired) electrons. The Hall–Kier alpha value is -1.15. The van der Waals surface area contributed by atoms with Crippen molar-refractivity contribution in [1.82, 2.24) is 5.32 Å². The number of ether oxygens (including phenoxy) is 1. The lowest BCUT2D eigenvalue weighted by Crippen LogP contribution is -2.65. The molecule has 0 rings (SSSR count). The molecule has 0 aliphatic rings. The number of hydrogen-bond donors (Lipinski definition) is 1. The Morgan fingerprint density at radius 2 is 1.50 bits per heavy atom. The van der Waals surface area contributed by atoms with Crippen LogP contribution in [-0.2, 0) is 4.74 Å². The van der Waals surface area contributed by atoms with E-state index in [1.165, 1.54) is 0 Å². The smallest absolute Gasteiger partial charge is 0.420 e. The van der Waals surface area contributed by atoms with Gasteiger partial charge < -0.3 is 4.74 Å². The molecule has 20 heavy (non-hydrogen) atoms. The van der Waals surface area contributed by atoms with E-state index >= 15 is 0 Å². The average molecular weight is 309 g/mol. The normalized spacial score (nSPS) is 13.2. The number of alkyl halides is 6. The van der Waals surface area contributed by atoms with Gasteiger partial charge in [-0.2, -0.15) is 26.3 Å². The zero-order valence-electron chi connectivity index (χ0n) is 11.1. The number of nitrogens with one attached hydrogen (secondary N) is 1. The molecule has 3 nitrogen and oxygen atoms in total. The maximum Gasteiger partial charge on any atom is 0.420 e. The van der Waals surface area contributed by atoms with Crippen molar-refractivity contribution >= 4 is 6.09 Å². The summed E-state index contributed by atoms with van der Waals surface area (Å²) in [6, 6.07) is 0. The molecule has 0 aliphatic heterocycles. The highest BCUT2D eigenvalue weighted by Crippen LogP contribution is 2.42. The first-order valence-electron chi connectivity index (χ1n) is 6.04. The van der Waals surface area contributed by atoms with Crippen molar-refractivity contribution in [3.63, 3.8) is 0 Å². The van der Waals surface area contributed by atoms with Gasteiger partial charge in [0, 0.05) is 0 Å². The largest absolute Gasteiger partial charge is 0.450 e. The Labute approximate surface area is 112 Å². The maximum absolute atomic E-state index is 12.5. The lowest BCUT2D eigenvalue weighted by atomic mass is 10.0. The summed E-state index contributed by atoms with van der Waals surface area (Å²) in [6.45, 7) is 1.55. The van der Waals surface area contributed by atoms with Crippen LogP contribution in [0.1, 0.15) is 39.5 Å². The van der Waals surface area contributed by atoms with Crippen molar-refractivity contribution in [1.29, 1.82) is 0 Å². The van der Waals surface area contributed by atoms with Crippen LogP contribution >= 0.6 is 0 Å². The SMILES string of the molecule is CCCCCCOC(=O)NC(C)(C(F)(F)F)C(F)(F)F. The van der Waals surface area contributed by atoms with E-state index in [1.54, 1.807) is 0 Å². The number of unbranched alkanes of at least 4 members (excludes halogenated alkanes) is 3. The number of carbonyl (C=O) groups is 1. The average Bonchev–Trinajstić information content (AvgIpc) is 2.25. The van der Waals surface area contributed by atoms with Crippen molar-refractivity contribution in [3.05, 3.63) is 0 Å². The molecule has 9 heteroatoms. The summed E-state index contributed by atoms with van der Waals surface area (Å²) >= 11 is 0. The highest BCUT2D eigenvalue weighted by atomic mass is 19.4. The van der Waals surface area contributed by atoms with Crippen LogP contribution in [0.5, 0.6) is 0 Å². The summed E-state index contributed by atoms with van der Waals surface area (Å²) < 4.78 is 79.1. The molecule has 0 aliphatic carbocycles. The molecule has 0 atom stereocenters. The van der Waals surface area contributed by atoms with Gasteiger partial charge in [0.05, 0.1) is 6.61 Å². The van der Waals surface area contributed by atoms with E-state index < -0.39 is 24.0 Å². The fraction of sp³-hybridized carbons (Fsp3) is 0.909. The third-order valence-electron chi connectivity index (χ3n) is 2.72. The van der Waals surface area contributed by atoms with Crippen molar-refractivity contribution in [2.45, 2.75) is 57.4 Å². The van der Waals surface area contributed by atoms with Crippen LogP contribution in [0, 0.1) is 0 Å². The number of alkyl carbamates (subject to hydrolysis) is 1. The third-order valence-corrected chi connectivity index (χ3v) is 2.72. The van der Waals surface area contributed by atoms with Gasteiger partial charge in [-0.1, -0.05) is 26.2 Å². The second-order valence-electron chi connectivity index (χ2n) is 4.44. The van der Waals surface area contributed by atoms with Gasteiger partial charge in [-0.15, -0.1) is 0 Å². The fourth-order valence-electron chi connectivity index (χ4n) is 1.24. The number of rotatable bonds is 6. The second kappa shape index (κ2) is 7.03. The molecule has 0 unspecified atom stereocenters. The van der Waals surface area contributed by atoms with Crippen LogP contribution < -0.4 is 5.32 Å². The number of carbonyl (C=O) groups excluding carboxylic acids is 1. The minimum Gasteiger partial charge on any atom is -0.450 e. The lowest BCUT2D eigenvalue weighted by molar-refractivity contribution is -0.298. The topological polar surface area (TPSA) is 38.3 Å². The first-order chi connectivity index (χ1) is 8.95.